The first-order valence-electron chi connectivity index (χ1n) is 8.22. The van der Waals surface area contributed by atoms with Crippen LogP contribution in [0.25, 0.3) is 11.1 Å². The molecule has 2 nitrogen and oxygen atoms in total. The lowest BCUT2D eigenvalue weighted by molar-refractivity contribution is -0.125. The van der Waals surface area contributed by atoms with E-state index in [2.05, 4.69) is 49.5 Å². The Bertz CT molecular complexity index is 723. The molecule has 118 valence electrons. The van der Waals surface area contributed by atoms with Crippen molar-refractivity contribution >= 4 is 5.91 Å². The van der Waals surface area contributed by atoms with Crippen molar-refractivity contribution in [3.05, 3.63) is 71.3 Å². The van der Waals surface area contributed by atoms with E-state index in [1.165, 1.54) is 16.7 Å². The van der Waals surface area contributed by atoms with Gasteiger partial charge in [0.25, 0.3) is 0 Å². The first-order valence-corrected chi connectivity index (χ1v) is 8.22. The maximum absolute atomic E-state index is 13.2. The molecule has 0 bridgehead atoms. The quantitative estimate of drug-likeness (QED) is 0.831. The molecule has 2 heteroatoms. The van der Waals surface area contributed by atoms with Gasteiger partial charge in [0, 0.05) is 6.54 Å². The molecule has 0 saturated heterocycles. The first kappa shape index (κ1) is 15.5. The van der Waals surface area contributed by atoms with Crippen LogP contribution in [0.2, 0.25) is 0 Å². The molecule has 0 heterocycles. The SMILES string of the molecule is CCNC(=O)C1(CC=C(C)C)c2ccccc2-c2ccccc21. The molecule has 0 saturated carbocycles. The molecule has 0 radical (unpaired) electrons. The van der Waals surface area contributed by atoms with Crippen LogP contribution in [0.1, 0.15) is 38.3 Å². The Morgan fingerprint density at radius 1 is 1.00 bits per heavy atom. The van der Waals surface area contributed by atoms with Crippen LogP contribution in [0.3, 0.4) is 0 Å². The van der Waals surface area contributed by atoms with E-state index in [9.17, 15) is 4.79 Å². The van der Waals surface area contributed by atoms with Gasteiger partial charge in [-0.25, -0.2) is 0 Å². The molecule has 0 unspecified atom stereocenters. The van der Waals surface area contributed by atoms with Crippen molar-refractivity contribution in [1.29, 1.82) is 0 Å². The number of nitrogens with one attached hydrogen (secondary N) is 1. The summed E-state index contributed by atoms with van der Waals surface area (Å²) >= 11 is 0. The molecule has 1 aliphatic rings. The van der Waals surface area contributed by atoms with Crippen LogP contribution in [0.5, 0.6) is 0 Å². The number of hydrogen-bond acceptors (Lipinski definition) is 1. The molecule has 0 fully saturated rings. The molecule has 23 heavy (non-hydrogen) atoms. The van der Waals surface area contributed by atoms with E-state index in [-0.39, 0.29) is 5.91 Å². The Kier molecular flexibility index (Phi) is 4.08. The van der Waals surface area contributed by atoms with E-state index in [1.54, 1.807) is 0 Å². The highest BCUT2D eigenvalue weighted by molar-refractivity contribution is 6.00. The number of likely N-dealkylation sites (N-methyl/N-ethyl adjacent to an activating group) is 1. The average Bonchev–Trinajstić information content (AvgIpc) is 2.85. The number of hydrogen-bond donors (Lipinski definition) is 1. The normalized spacial score (nSPS) is 13.9. The Morgan fingerprint density at radius 2 is 1.52 bits per heavy atom. The van der Waals surface area contributed by atoms with Crippen LogP contribution in [-0.2, 0) is 10.2 Å². The van der Waals surface area contributed by atoms with Gasteiger partial charge in [0.05, 0.1) is 0 Å². The van der Waals surface area contributed by atoms with Gasteiger partial charge in [0.15, 0.2) is 0 Å². The van der Waals surface area contributed by atoms with Gasteiger partial charge < -0.3 is 5.32 Å². The van der Waals surface area contributed by atoms with Crippen LogP contribution in [0, 0.1) is 0 Å². The maximum atomic E-state index is 13.2. The van der Waals surface area contributed by atoms with Crippen molar-refractivity contribution in [2.45, 2.75) is 32.6 Å². The van der Waals surface area contributed by atoms with E-state index in [1.807, 2.05) is 31.2 Å². The molecular weight excluding hydrogens is 282 g/mol. The molecule has 0 aliphatic heterocycles. The highest BCUT2D eigenvalue weighted by Crippen LogP contribution is 2.51. The number of fused-ring (bicyclic) bond motifs is 3. The molecule has 3 rings (SSSR count). The summed E-state index contributed by atoms with van der Waals surface area (Å²) in [6.07, 6.45) is 2.86. The molecule has 2 aromatic rings. The first-order chi connectivity index (χ1) is 11.1. The standard InChI is InChI=1S/C21H23NO/c1-4-22-20(23)21(14-13-15(2)3)18-11-7-5-9-16(18)17-10-6-8-12-19(17)21/h5-13H,4,14H2,1-3H3,(H,22,23). The van der Waals surface area contributed by atoms with Gasteiger partial charge in [0.1, 0.15) is 5.41 Å². The number of amides is 1. The molecule has 1 aliphatic carbocycles. The zero-order chi connectivity index (χ0) is 16.4. The second-order valence-electron chi connectivity index (χ2n) is 6.34. The molecular formula is C21H23NO. The summed E-state index contributed by atoms with van der Waals surface area (Å²) in [5, 5.41) is 3.07. The van der Waals surface area contributed by atoms with Crippen molar-refractivity contribution in [2.24, 2.45) is 0 Å². The number of carbonyl (C=O) groups excluding carboxylic acids is 1. The Morgan fingerprint density at radius 3 is 2.00 bits per heavy atom. The van der Waals surface area contributed by atoms with Crippen molar-refractivity contribution in [3.63, 3.8) is 0 Å². The minimum Gasteiger partial charge on any atom is -0.355 e. The Labute approximate surface area is 138 Å². The second kappa shape index (κ2) is 6.04. The zero-order valence-corrected chi connectivity index (χ0v) is 14.0. The fourth-order valence-electron chi connectivity index (χ4n) is 3.55. The molecule has 0 aromatic heterocycles. The van der Waals surface area contributed by atoms with E-state index in [0.717, 1.165) is 11.1 Å². The van der Waals surface area contributed by atoms with Crippen LogP contribution in [0.15, 0.2) is 60.2 Å². The highest BCUT2D eigenvalue weighted by Gasteiger charge is 2.47. The van der Waals surface area contributed by atoms with Crippen LogP contribution < -0.4 is 5.32 Å². The topological polar surface area (TPSA) is 29.1 Å². The van der Waals surface area contributed by atoms with Crippen molar-refractivity contribution in [3.8, 4) is 11.1 Å². The van der Waals surface area contributed by atoms with E-state index < -0.39 is 5.41 Å². The monoisotopic (exact) mass is 305 g/mol. The Hall–Kier alpha value is -2.35. The summed E-state index contributed by atoms with van der Waals surface area (Å²) in [5.41, 5.74) is 5.19. The number of rotatable bonds is 4. The third-order valence-corrected chi connectivity index (χ3v) is 4.61. The third kappa shape index (κ3) is 2.39. The summed E-state index contributed by atoms with van der Waals surface area (Å²) in [4.78, 5) is 13.2. The van der Waals surface area contributed by atoms with Crippen LogP contribution in [0.4, 0.5) is 0 Å². The number of carbonyl (C=O) groups is 1. The van der Waals surface area contributed by atoms with Gasteiger partial charge in [-0.3, -0.25) is 4.79 Å². The van der Waals surface area contributed by atoms with Crippen molar-refractivity contribution in [2.75, 3.05) is 6.54 Å². The summed E-state index contributed by atoms with van der Waals surface area (Å²) < 4.78 is 0. The van der Waals surface area contributed by atoms with E-state index in [4.69, 9.17) is 0 Å². The lowest BCUT2D eigenvalue weighted by Gasteiger charge is -2.29. The van der Waals surface area contributed by atoms with Crippen molar-refractivity contribution < 1.29 is 4.79 Å². The van der Waals surface area contributed by atoms with Gasteiger partial charge in [-0.1, -0.05) is 60.2 Å². The largest absolute Gasteiger partial charge is 0.355 e. The van der Waals surface area contributed by atoms with Crippen molar-refractivity contribution in [1.82, 2.24) is 5.32 Å². The van der Waals surface area contributed by atoms with Crippen LogP contribution >= 0.6 is 0 Å². The second-order valence-corrected chi connectivity index (χ2v) is 6.34. The Balaban J connectivity index is 2.29. The summed E-state index contributed by atoms with van der Waals surface area (Å²) in [5.74, 6) is 0.0925. The number of benzene rings is 2. The minimum absolute atomic E-state index is 0.0925. The fourth-order valence-corrected chi connectivity index (χ4v) is 3.55. The molecule has 0 spiro atoms. The average molecular weight is 305 g/mol. The molecule has 1 amide bonds. The summed E-state index contributed by atoms with van der Waals surface area (Å²) in [6, 6.07) is 16.6. The van der Waals surface area contributed by atoms with Gasteiger partial charge in [0.2, 0.25) is 5.91 Å². The van der Waals surface area contributed by atoms with Gasteiger partial charge in [-0.2, -0.15) is 0 Å². The number of allylic oxidation sites excluding steroid dienone is 2. The highest BCUT2D eigenvalue weighted by atomic mass is 16.2. The van der Waals surface area contributed by atoms with E-state index in [0.29, 0.717) is 13.0 Å². The summed E-state index contributed by atoms with van der Waals surface area (Å²) in [7, 11) is 0. The van der Waals surface area contributed by atoms with Crippen LogP contribution in [-0.4, -0.2) is 12.5 Å². The summed E-state index contributed by atoms with van der Waals surface area (Å²) in [6.45, 7) is 6.77. The predicted molar refractivity (Wildman–Crippen MR) is 95.4 cm³/mol. The molecule has 0 atom stereocenters. The third-order valence-electron chi connectivity index (χ3n) is 4.61. The van der Waals surface area contributed by atoms with Gasteiger partial charge in [-0.15, -0.1) is 0 Å². The maximum Gasteiger partial charge on any atom is 0.235 e. The fraction of sp³-hybridized carbons (Fsp3) is 0.286. The van der Waals surface area contributed by atoms with Gasteiger partial charge in [-0.05, 0) is 49.4 Å². The lowest BCUT2D eigenvalue weighted by Crippen LogP contribution is -2.43. The molecule has 2 aromatic carbocycles. The predicted octanol–water partition coefficient (Wildman–Crippen LogP) is 4.45. The zero-order valence-electron chi connectivity index (χ0n) is 14.0. The van der Waals surface area contributed by atoms with E-state index >= 15 is 0 Å². The smallest absolute Gasteiger partial charge is 0.235 e. The molecule has 1 N–H and O–H groups in total. The van der Waals surface area contributed by atoms with Gasteiger partial charge >= 0.3 is 0 Å². The minimum atomic E-state index is -0.625. The lowest BCUT2D eigenvalue weighted by atomic mass is 9.74.